The van der Waals surface area contributed by atoms with Gasteiger partial charge in [0.1, 0.15) is 0 Å². The normalized spacial score (nSPS) is 10.2. The van der Waals surface area contributed by atoms with Gasteiger partial charge >= 0.3 is 5.97 Å². The van der Waals surface area contributed by atoms with Crippen molar-refractivity contribution in [2.75, 3.05) is 18.5 Å². The third-order valence-corrected chi connectivity index (χ3v) is 3.07. The van der Waals surface area contributed by atoms with Crippen LogP contribution in [0.2, 0.25) is 0 Å². The number of aromatic carboxylic acids is 1. The lowest BCUT2D eigenvalue weighted by atomic mass is 10.0. The average molecular weight is 256 g/mol. The summed E-state index contributed by atoms with van der Waals surface area (Å²) in [6.45, 7) is 0.758. The summed E-state index contributed by atoms with van der Waals surface area (Å²) in [5.74, 6) is -0.873. The number of likely N-dealkylation sites (N-methyl/N-ethyl adjacent to an activating group) is 1. The molecule has 0 fully saturated rings. The van der Waals surface area contributed by atoms with Crippen LogP contribution in [0.25, 0.3) is 0 Å². The van der Waals surface area contributed by atoms with E-state index in [0.717, 1.165) is 17.8 Å². The van der Waals surface area contributed by atoms with Gasteiger partial charge in [-0.05, 0) is 30.2 Å². The van der Waals surface area contributed by atoms with Crippen LogP contribution in [0.15, 0.2) is 48.8 Å². The molecule has 98 valence electrons. The van der Waals surface area contributed by atoms with Crippen molar-refractivity contribution >= 4 is 11.7 Å². The number of carboxylic acids is 1. The number of carboxylic acid groups (broad SMARTS) is 1. The Labute approximate surface area is 112 Å². The maximum Gasteiger partial charge on any atom is 0.335 e. The monoisotopic (exact) mass is 256 g/mol. The van der Waals surface area contributed by atoms with Crippen molar-refractivity contribution < 1.29 is 9.90 Å². The van der Waals surface area contributed by atoms with Gasteiger partial charge in [0.05, 0.1) is 5.56 Å². The summed E-state index contributed by atoms with van der Waals surface area (Å²) in [6.07, 6.45) is 4.19. The SMILES string of the molecule is CN(CCc1ccccc1C(=O)O)c1ccncc1. The summed E-state index contributed by atoms with van der Waals surface area (Å²) in [5.41, 5.74) is 2.31. The first-order chi connectivity index (χ1) is 9.18. The van der Waals surface area contributed by atoms with E-state index in [2.05, 4.69) is 9.88 Å². The van der Waals surface area contributed by atoms with E-state index < -0.39 is 5.97 Å². The van der Waals surface area contributed by atoms with Gasteiger partial charge < -0.3 is 10.0 Å². The second-order valence-electron chi connectivity index (χ2n) is 4.34. The molecule has 0 saturated carbocycles. The molecule has 0 radical (unpaired) electrons. The van der Waals surface area contributed by atoms with Gasteiger partial charge in [0.25, 0.3) is 0 Å². The zero-order valence-electron chi connectivity index (χ0n) is 10.8. The van der Waals surface area contributed by atoms with Crippen molar-refractivity contribution in [1.82, 2.24) is 4.98 Å². The van der Waals surface area contributed by atoms with Crippen LogP contribution < -0.4 is 4.90 Å². The minimum Gasteiger partial charge on any atom is -0.478 e. The highest BCUT2D eigenvalue weighted by Gasteiger charge is 2.09. The number of anilines is 1. The van der Waals surface area contributed by atoms with Crippen molar-refractivity contribution in [2.45, 2.75) is 6.42 Å². The summed E-state index contributed by atoms with van der Waals surface area (Å²) < 4.78 is 0. The summed E-state index contributed by atoms with van der Waals surface area (Å²) in [7, 11) is 1.98. The molecule has 1 heterocycles. The zero-order chi connectivity index (χ0) is 13.7. The summed E-state index contributed by atoms with van der Waals surface area (Å²) in [4.78, 5) is 17.2. The van der Waals surface area contributed by atoms with E-state index in [0.29, 0.717) is 12.0 Å². The lowest BCUT2D eigenvalue weighted by Gasteiger charge is -2.19. The summed E-state index contributed by atoms with van der Waals surface area (Å²) in [5, 5.41) is 9.13. The van der Waals surface area contributed by atoms with E-state index >= 15 is 0 Å². The first-order valence-corrected chi connectivity index (χ1v) is 6.11. The Bertz CT molecular complexity index is 555. The lowest BCUT2D eigenvalue weighted by molar-refractivity contribution is 0.0695. The molecule has 0 bridgehead atoms. The molecule has 2 rings (SSSR count). The van der Waals surface area contributed by atoms with Crippen LogP contribution in [0.1, 0.15) is 15.9 Å². The fraction of sp³-hybridized carbons (Fsp3) is 0.200. The summed E-state index contributed by atoms with van der Waals surface area (Å²) in [6, 6.07) is 11.0. The quantitative estimate of drug-likeness (QED) is 0.892. The molecule has 4 nitrogen and oxygen atoms in total. The molecule has 0 atom stereocenters. The van der Waals surface area contributed by atoms with Crippen LogP contribution in [0.3, 0.4) is 0 Å². The molecule has 0 aliphatic carbocycles. The van der Waals surface area contributed by atoms with Gasteiger partial charge in [0, 0.05) is 31.7 Å². The highest BCUT2D eigenvalue weighted by Crippen LogP contribution is 2.13. The maximum atomic E-state index is 11.1. The smallest absolute Gasteiger partial charge is 0.335 e. The van der Waals surface area contributed by atoms with Gasteiger partial charge in [-0.1, -0.05) is 18.2 Å². The minimum atomic E-state index is -0.873. The van der Waals surface area contributed by atoms with Gasteiger partial charge in [-0.3, -0.25) is 4.98 Å². The van der Waals surface area contributed by atoms with Crippen LogP contribution in [-0.4, -0.2) is 29.7 Å². The van der Waals surface area contributed by atoms with Crippen LogP contribution >= 0.6 is 0 Å². The topological polar surface area (TPSA) is 53.4 Å². The third kappa shape index (κ3) is 3.31. The molecule has 0 aliphatic rings. The van der Waals surface area contributed by atoms with Gasteiger partial charge in [-0.2, -0.15) is 0 Å². The van der Waals surface area contributed by atoms with Crippen LogP contribution in [-0.2, 0) is 6.42 Å². The van der Waals surface area contributed by atoms with Gasteiger partial charge in [0.15, 0.2) is 0 Å². The fourth-order valence-corrected chi connectivity index (χ4v) is 1.96. The third-order valence-electron chi connectivity index (χ3n) is 3.07. The Kier molecular flexibility index (Phi) is 4.13. The molecule has 1 aromatic heterocycles. The van der Waals surface area contributed by atoms with Crippen LogP contribution in [0.4, 0.5) is 5.69 Å². The first kappa shape index (κ1) is 13.1. The molecule has 1 N–H and O–H groups in total. The minimum absolute atomic E-state index is 0.380. The van der Waals surface area contributed by atoms with Crippen molar-refractivity contribution in [3.63, 3.8) is 0 Å². The second kappa shape index (κ2) is 6.00. The van der Waals surface area contributed by atoms with E-state index in [1.165, 1.54) is 0 Å². The highest BCUT2D eigenvalue weighted by atomic mass is 16.4. The molecule has 0 saturated heterocycles. The van der Waals surface area contributed by atoms with Crippen molar-refractivity contribution in [3.8, 4) is 0 Å². The van der Waals surface area contributed by atoms with Crippen LogP contribution in [0.5, 0.6) is 0 Å². The number of rotatable bonds is 5. The molecule has 0 aliphatic heterocycles. The van der Waals surface area contributed by atoms with Crippen molar-refractivity contribution in [1.29, 1.82) is 0 Å². The number of hydrogen-bond acceptors (Lipinski definition) is 3. The number of nitrogens with zero attached hydrogens (tertiary/aromatic N) is 2. The predicted octanol–water partition coefficient (Wildman–Crippen LogP) is 2.46. The lowest BCUT2D eigenvalue weighted by Crippen LogP contribution is -2.21. The maximum absolute atomic E-state index is 11.1. The Hall–Kier alpha value is -2.36. The van der Waals surface area contributed by atoms with Gasteiger partial charge in [-0.15, -0.1) is 0 Å². The van der Waals surface area contributed by atoms with Gasteiger partial charge in [0.2, 0.25) is 0 Å². The standard InChI is InChI=1S/C15H16N2O2/c1-17(13-6-9-16-10-7-13)11-8-12-4-2-3-5-14(12)15(18)19/h2-7,9-10H,8,11H2,1H3,(H,18,19). The highest BCUT2D eigenvalue weighted by molar-refractivity contribution is 5.89. The molecule has 19 heavy (non-hydrogen) atoms. The largest absolute Gasteiger partial charge is 0.478 e. The number of pyridine rings is 1. The Balaban J connectivity index is 2.05. The molecule has 0 unspecified atom stereocenters. The first-order valence-electron chi connectivity index (χ1n) is 6.11. The summed E-state index contributed by atoms with van der Waals surface area (Å²) >= 11 is 0. The average Bonchev–Trinajstić information content (AvgIpc) is 2.46. The van der Waals surface area contributed by atoms with Crippen LogP contribution in [0, 0.1) is 0 Å². The van der Waals surface area contributed by atoms with E-state index in [-0.39, 0.29) is 0 Å². The molecule has 2 aromatic rings. The van der Waals surface area contributed by atoms with Crippen molar-refractivity contribution in [2.24, 2.45) is 0 Å². The van der Waals surface area contributed by atoms with E-state index in [1.54, 1.807) is 24.5 Å². The van der Waals surface area contributed by atoms with Crippen molar-refractivity contribution in [3.05, 3.63) is 59.9 Å². The molecule has 4 heteroatoms. The van der Waals surface area contributed by atoms with Gasteiger partial charge in [-0.25, -0.2) is 4.79 Å². The molecule has 0 spiro atoms. The second-order valence-corrected chi connectivity index (χ2v) is 4.34. The van der Waals surface area contributed by atoms with E-state index in [9.17, 15) is 4.79 Å². The molecule has 0 amide bonds. The molecular formula is C15H16N2O2. The number of hydrogen-bond donors (Lipinski definition) is 1. The predicted molar refractivity (Wildman–Crippen MR) is 74.6 cm³/mol. The Morgan fingerprint density at radius 3 is 2.58 bits per heavy atom. The molecular weight excluding hydrogens is 240 g/mol. The Morgan fingerprint density at radius 1 is 1.21 bits per heavy atom. The fourth-order valence-electron chi connectivity index (χ4n) is 1.96. The number of carbonyl (C=O) groups is 1. The molecule has 1 aromatic carbocycles. The van der Waals surface area contributed by atoms with E-state index in [1.807, 2.05) is 31.3 Å². The zero-order valence-corrected chi connectivity index (χ0v) is 10.8. The number of benzene rings is 1. The number of aromatic nitrogens is 1. The Morgan fingerprint density at radius 2 is 1.89 bits per heavy atom. The van der Waals surface area contributed by atoms with E-state index in [4.69, 9.17) is 5.11 Å².